The molecule has 0 aliphatic carbocycles. The van der Waals surface area contributed by atoms with Crippen LogP contribution >= 0.6 is 11.8 Å². The van der Waals surface area contributed by atoms with E-state index in [-0.39, 0.29) is 16.8 Å². The van der Waals surface area contributed by atoms with Crippen LogP contribution < -0.4 is 5.69 Å². The van der Waals surface area contributed by atoms with Crippen LogP contribution in [0.3, 0.4) is 0 Å². The second-order valence-electron chi connectivity index (χ2n) is 6.08. The first-order chi connectivity index (χ1) is 11.0. The summed E-state index contributed by atoms with van der Waals surface area (Å²) in [4.78, 5) is 26.3. The fraction of sp³-hybridized carbons (Fsp3) is 0.800. The van der Waals surface area contributed by atoms with Gasteiger partial charge in [-0.05, 0) is 32.1 Å². The molecule has 8 heteroatoms. The number of hydrogen-bond acceptors (Lipinski definition) is 5. The average Bonchev–Trinajstić information content (AvgIpc) is 2.88. The van der Waals surface area contributed by atoms with E-state index < -0.39 is 0 Å². The fourth-order valence-corrected chi connectivity index (χ4v) is 3.62. The van der Waals surface area contributed by atoms with E-state index in [1.54, 1.807) is 11.7 Å². The summed E-state index contributed by atoms with van der Waals surface area (Å²) in [6.45, 7) is 6.88. The van der Waals surface area contributed by atoms with Crippen molar-refractivity contribution in [2.24, 2.45) is 5.92 Å². The molecule has 1 fully saturated rings. The number of nitrogens with zero attached hydrogens (tertiary/aromatic N) is 3. The molecule has 2 heterocycles. The Labute approximate surface area is 140 Å². The van der Waals surface area contributed by atoms with Crippen molar-refractivity contribution >= 4 is 17.7 Å². The van der Waals surface area contributed by atoms with Gasteiger partial charge in [-0.2, -0.15) is 0 Å². The molecule has 1 atom stereocenters. The van der Waals surface area contributed by atoms with E-state index in [0.717, 1.165) is 32.4 Å². The van der Waals surface area contributed by atoms with Crippen LogP contribution in [-0.4, -0.2) is 57.6 Å². The van der Waals surface area contributed by atoms with Gasteiger partial charge < -0.3 is 9.64 Å². The summed E-state index contributed by atoms with van der Waals surface area (Å²) in [5, 5.41) is 6.83. The number of amides is 1. The standard InChI is InChI=1S/C15H26N4O3S/c1-11-5-8-18(9-6-11)13(20)12(2)23-15-17-16-14(21)19(15)7-4-10-22-3/h11-12H,4-10H2,1-3H3,(H,16,21). The van der Waals surface area contributed by atoms with Crippen LogP contribution in [0.5, 0.6) is 0 Å². The van der Waals surface area contributed by atoms with Crippen molar-refractivity contribution in [1.29, 1.82) is 0 Å². The Balaban J connectivity index is 1.95. The summed E-state index contributed by atoms with van der Waals surface area (Å²) in [5.74, 6) is 0.820. The van der Waals surface area contributed by atoms with Crippen LogP contribution in [0.4, 0.5) is 0 Å². The Morgan fingerprint density at radius 1 is 1.48 bits per heavy atom. The zero-order valence-electron chi connectivity index (χ0n) is 14.1. The Hall–Kier alpha value is -1.28. The number of rotatable bonds is 7. The number of aromatic nitrogens is 3. The molecule has 0 aromatic carbocycles. The minimum absolute atomic E-state index is 0.126. The summed E-state index contributed by atoms with van der Waals surface area (Å²) in [6, 6.07) is 0. The molecule has 1 saturated heterocycles. The average molecular weight is 342 g/mol. The number of H-pyrrole nitrogens is 1. The number of hydrogen-bond donors (Lipinski definition) is 1. The van der Waals surface area contributed by atoms with Gasteiger partial charge in [-0.15, -0.1) is 5.10 Å². The number of carbonyl (C=O) groups is 1. The van der Waals surface area contributed by atoms with Crippen LogP contribution in [-0.2, 0) is 16.1 Å². The zero-order chi connectivity index (χ0) is 16.8. The van der Waals surface area contributed by atoms with Crippen LogP contribution in [0.1, 0.15) is 33.1 Å². The lowest BCUT2D eigenvalue weighted by Crippen LogP contribution is -2.41. The molecule has 1 N–H and O–H groups in total. The number of thioether (sulfide) groups is 1. The number of methoxy groups -OCH3 is 1. The molecule has 1 amide bonds. The van der Waals surface area contributed by atoms with Gasteiger partial charge in [0.2, 0.25) is 5.91 Å². The molecule has 0 bridgehead atoms. The molecule has 2 rings (SSSR count). The van der Waals surface area contributed by atoms with Gasteiger partial charge >= 0.3 is 5.69 Å². The van der Waals surface area contributed by atoms with E-state index in [0.29, 0.717) is 24.2 Å². The maximum absolute atomic E-state index is 12.5. The van der Waals surface area contributed by atoms with Gasteiger partial charge in [-0.1, -0.05) is 18.7 Å². The summed E-state index contributed by atoms with van der Waals surface area (Å²) in [6.07, 6.45) is 2.86. The van der Waals surface area contributed by atoms with Crippen molar-refractivity contribution in [2.45, 2.75) is 50.1 Å². The third-order valence-corrected chi connectivity index (χ3v) is 5.26. The number of ether oxygens (including phenoxy) is 1. The van der Waals surface area contributed by atoms with Gasteiger partial charge in [0.15, 0.2) is 5.16 Å². The number of carbonyl (C=O) groups excluding carboxylic acids is 1. The molecule has 130 valence electrons. The van der Waals surface area contributed by atoms with Gasteiger partial charge in [0, 0.05) is 33.4 Å². The van der Waals surface area contributed by atoms with Gasteiger partial charge in [0.1, 0.15) is 0 Å². The fourth-order valence-electron chi connectivity index (χ4n) is 2.65. The van der Waals surface area contributed by atoms with Crippen LogP contribution in [0.2, 0.25) is 0 Å². The highest BCUT2D eigenvalue weighted by atomic mass is 32.2. The number of aromatic amines is 1. The molecule has 0 spiro atoms. The summed E-state index contributed by atoms with van der Waals surface area (Å²) in [5.41, 5.74) is -0.241. The second-order valence-corrected chi connectivity index (χ2v) is 7.39. The molecule has 1 aliphatic rings. The molecule has 23 heavy (non-hydrogen) atoms. The molecule has 0 radical (unpaired) electrons. The molecular weight excluding hydrogens is 316 g/mol. The Kier molecular flexibility index (Phi) is 6.71. The van der Waals surface area contributed by atoms with Gasteiger partial charge in [0.05, 0.1) is 5.25 Å². The SMILES string of the molecule is COCCCn1c(SC(C)C(=O)N2CCC(C)CC2)n[nH]c1=O. The van der Waals surface area contributed by atoms with Crippen molar-refractivity contribution in [1.82, 2.24) is 19.7 Å². The zero-order valence-corrected chi connectivity index (χ0v) is 14.9. The second kappa shape index (κ2) is 8.54. The molecular formula is C15H26N4O3S. The lowest BCUT2D eigenvalue weighted by atomic mass is 9.99. The van der Waals surface area contributed by atoms with E-state index in [4.69, 9.17) is 4.74 Å². The Morgan fingerprint density at radius 2 is 2.17 bits per heavy atom. The largest absolute Gasteiger partial charge is 0.385 e. The minimum Gasteiger partial charge on any atom is -0.385 e. The van der Waals surface area contributed by atoms with E-state index in [9.17, 15) is 9.59 Å². The van der Waals surface area contributed by atoms with Gasteiger partial charge in [-0.3, -0.25) is 9.36 Å². The third kappa shape index (κ3) is 4.84. The summed E-state index contributed by atoms with van der Waals surface area (Å²) in [7, 11) is 1.63. The van der Waals surface area contributed by atoms with Gasteiger partial charge in [-0.25, -0.2) is 9.89 Å². The normalized spacial score (nSPS) is 17.4. The van der Waals surface area contributed by atoms with Crippen molar-refractivity contribution in [3.8, 4) is 0 Å². The highest BCUT2D eigenvalue weighted by molar-refractivity contribution is 8.00. The lowest BCUT2D eigenvalue weighted by molar-refractivity contribution is -0.131. The van der Waals surface area contributed by atoms with Crippen molar-refractivity contribution in [3.63, 3.8) is 0 Å². The Morgan fingerprint density at radius 3 is 2.83 bits per heavy atom. The predicted molar refractivity (Wildman–Crippen MR) is 89.6 cm³/mol. The predicted octanol–water partition coefficient (Wildman–Crippen LogP) is 1.35. The number of piperidine rings is 1. The molecule has 1 unspecified atom stereocenters. The van der Waals surface area contributed by atoms with Crippen molar-refractivity contribution in [2.75, 3.05) is 26.8 Å². The van der Waals surface area contributed by atoms with E-state index in [1.807, 2.05) is 11.8 Å². The number of nitrogens with one attached hydrogen (secondary N) is 1. The third-order valence-electron chi connectivity index (χ3n) is 4.18. The maximum atomic E-state index is 12.5. The number of likely N-dealkylation sites (tertiary alicyclic amines) is 1. The van der Waals surface area contributed by atoms with E-state index in [2.05, 4.69) is 17.1 Å². The first-order valence-electron chi connectivity index (χ1n) is 8.12. The first kappa shape index (κ1) is 18.1. The monoisotopic (exact) mass is 342 g/mol. The molecule has 1 aromatic heterocycles. The topological polar surface area (TPSA) is 80.2 Å². The Bertz CT molecular complexity index is 563. The van der Waals surface area contributed by atoms with Gasteiger partial charge in [0.25, 0.3) is 0 Å². The first-order valence-corrected chi connectivity index (χ1v) is 9.00. The van der Waals surface area contributed by atoms with Crippen LogP contribution in [0, 0.1) is 5.92 Å². The highest BCUT2D eigenvalue weighted by Gasteiger charge is 2.26. The smallest absolute Gasteiger partial charge is 0.343 e. The molecule has 7 nitrogen and oxygen atoms in total. The lowest BCUT2D eigenvalue weighted by Gasteiger charge is -2.31. The van der Waals surface area contributed by atoms with Crippen LogP contribution in [0.15, 0.2) is 9.95 Å². The van der Waals surface area contributed by atoms with Crippen LogP contribution in [0.25, 0.3) is 0 Å². The minimum atomic E-state index is -0.250. The summed E-state index contributed by atoms with van der Waals surface area (Å²) < 4.78 is 6.59. The van der Waals surface area contributed by atoms with E-state index >= 15 is 0 Å². The highest BCUT2D eigenvalue weighted by Crippen LogP contribution is 2.24. The van der Waals surface area contributed by atoms with Crippen molar-refractivity contribution in [3.05, 3.63) is 10.5 Å². The van der Waals surface area contributed by atoms with E-state index in [1.165, 1.54) is 11.8 Å². The molecule has 0 saturated carbocycles. The molecule has 1 aliphatic heterocycles. The maximum Gasteiger partial charge on any atom is 0.343 e. The van der Waals surface area contributed by atoms with Crippen molar-refractivity contribution < 1.29 is 9.53 Å². The summed E-state index contributed by atoms with van der Waals surface area (Å²) >= 11 is 1.34. The quantitative estimate of drug-likeness (QED) is 0.597. The molecule has 1 aromatic rings.